The summed E-state index contributed by atoms with van der Waals surface area (Å²) in [6.07, 6.45) is 2.80. The van der Waals surface area contributed by atoms with Crippen LogP contribution in [0.2, 0.25) is 0 Å². The van der Waals surface area contributed by atoms with Gasteiger partial charge in [0.1, 0.15) is 5.76 Å². The summed E-state index contributed by atoms with van der Waals surface area (Å²) in [7, 11) is 0. The van der Waals surface area contributed by atoms with E-state index in [1.165, 1.54) is 16.7 Å². The van der Waals surface area contributed by atoms with E-state index < -0.39 is 0 Å². The van der Waals surface area contributed by atoms with Crippen LogP contribution < -0.4 is 5.32 Å². The third kappa shape index (κ3) is 2.68. The third-order valence-corrected chi connectivity index (χ3v) is 4.24. The zero-order valence-electron chi connectivity index (χ0n) is 11.5. The Morgan fingerprint density at radius 2 is 2.10 bits per heavy atom. The van der Waals surface area contributed by atoms with Gasteiger partial charge in [-0.15, -0.1) is 0 Å². The van der Waals surface area contributed by atoms with Crippen LogP contribution in [0.3, 0.4) is 0 Å². The molecule has 0 saturated heterocycles. The maximum Gasteiger partial charge on any atom is 0.139 e. The average molecular weight is 336 g/mol. The summed E-state index contributed by atoms with van der Waals surface area (Å²) in [6, 6.07) is 8.56. The molecule has 3 rings (SSSR count). The fraction of sp³-hybridized carbons (Fsp3) is 0.375. The van der Waals surface area contributed by atoms with Gasteiger partial charge in [0.2, 0.25) is 0 Å². The summed E-state index contributed by atoms with van der Waals surface area (Å²) < 4.78 is 12.2. The predicted molar refractivity (Wildman–Crippen MR) is 81.5 cm³/mol. The van der Waals surface area contributed by atoms with Crippen molar-refractivity contribution >= 4 is 15.9 Å². The van der Waals surface area contributed by atoms with Crippen molar-refractivity contribution in [2.75, 3.05) is 6.54 Å². The van der Waals surface area contributed by atoms with Crippen molar-refractivity contribution < 1.29 is 9.15 Å². The smallest absolute Gasteiger partial charge is 0.139 e. The molecule has 2 aromatic rings. The summed E-state index contributed by atoms with van der Waals surface area (Å²) in [6.45, 7) is 4.55. The molecule has 0 saturated carbocycles. The first-order chi connectivity index (χ1) is 9.79. The number of hydrogen-bond acceptors (Lipinski definition) is 3. The highest BCUT2D eigenvalue weighted by Crippen LogP contribution is 2.32. The van der Waals surface area contributed by atoms with Crippen molar-refractivity contribution in [3.63, 3.8) is 0 Å². The number of nitrogens with one attached hydrogen (secondary N) is 1. The van der Waals surface area contributed by atoms with Gasteiger partial charge in [0.15, 0.2) is 0 Å². The van der Waals surface area contributed by atoms with E-state index in [0.717, 1.165) is 29.8 Å². The normalized spacial score (nSPS) is 15.3. The quantitative estimate of drug-likeness (QED) is 0.890. The van der Waals surface area contributed by atoms with Crippen LogP contribution in [-0.4, -0.2) is 6.54 Å². The summed E-state index contributed by atoms with van der Waals surface area (Å²) in [5, 5.41) is 3.56. The van der Waals surface area contributed by atoms with E-state index in [9.17, 15) is 0 Å². The lowest BCUT2D eigenvalue weighted by Gasteiger charge is -2.18. The monoisotopic (exact) mass is 335 g/mol. The van der Waals surface area contributed by atoms with Crippen LogP contribution in [0.25, 0.3) is 0 Å². The van der Waals surface area contributed by atoms with Crippen LogP contribution in [0, 0.1) is 0 Å². The largest absolute Gasteiger partial charge is 0.466 e. The molecule has 1 aromatic carbocycles. The first-order valence-corrected chi connectivity index (χ1v) is 7.74. The van der Waals surface area contributed by atoms with Crippen LogP contribution in [0.1, 0.15) is 41.8 Å². The van der Waals surface area contributed by atoms with E-state index in [4.69, 9.17) is 9.15 Å². The molecule has 0 radical (unpaired) electrons. The Morgan fingerprint density at radius 1 is 1.25 bits per heavy atom. The molecule has 1 unspecified atom stereocenters. The second-order valence-electron chi connectivity index (χ2n) is 5.04. The van der Waals surface area contributed by atoms with Crippen molar-refractivity contribution in [1.82, 2.24) is 5.32 Å². The van der Waals surface area contributed by atoms with Crippen LogP contribution in [0.4, 0.5) is 0 Å². The molecule has 1 N–H and O–H groups in total. The number of halogens is 1. The number of ether oxygens (including phenoxy) is 1. The molecule has 106 valence electrons. The van der Waals surface area contributed by atoms with Gasteiger partial charge in [-0.1, -0.05) is 25.1 Å². The van der Waals surface area contributed by atoms with Crippen LogP contribution >= 0.6 is 15.9 Å². The minimum atomic E-state index is 0.0743. The predicted octanol–water partition coefficient (Wildman–Crippen LogP) is 4.16. The Labute approximate surface area is 127 Å². The lowest BCUT2D eigenvalue weighted by atomic mass is 9.99. The molecule has 1 aliphatic rings. The first-order valence-electron chi connectivity index (χ1n) is 6.95. The fourth-order valence-electron chi connectivity index (χ4n) is 2.53. The zero-order chi connectivity index (χ0) is 13.9. The number of benzene rings is 1. The topological polar surface area (TPSA) is 34.4 Å². The highest BCUT2D eigenvalue weighted by atomic mass is 79.9. The molecule has 1 aliphatic heterocycles. The van der Waals surface area contributed by atoms with E-state index in [2.05, 4.69) is 46.4 Å². The molecule has 0 bridgehead atoms. The molecule has 1 atom stereocenters. The Hall–Kier alpha value is -1.10. The standard InChI is InChI=1S/C16H18BrNO2/c1-2-6-18-15(16-14(17)5-7-20-16)11-3-4-12-9-19-10-13(12)8-11/h3-5,7-8,15,18H,2,6,9-10H2,1H3. The Bertz CT molecular complexity index is 594. The summed E-state index contributed by atoms with van der Waals surface area (Å²) in [5.41, 5.74) is 3.80. The van der Waals surface area contributed by atoms with E-state index in [-0.39, 0.29) is 6.04 Å². The molecule has 1 aromatic heterocycles. The van der Waals surface area contributed by atoms with Crippen LogP contribution in [-0.2, 0) is 18.0 Å². The van der Waals surface area contributed by atoms with Gasteiger partial charge in [-0.3, -0.25) is 0 Å². The molecule has 0 aliphatic carbocycles. The van der Waals surface area contributed by atoms with Gasteiger partial charge in [0.05, 0.1) is 30.0 Å². The second-order valence-corrected chi connectivity index (χ2v) is 5.90. The maximum atomic E-state index is 5.66. The van der Waals surface area contributed by atoms with Crippen molar-refractivity contribution in [3.05, 3.63) is 57.5 Å². The van der Waals surface area contributed by atoms with Gasteiger partial charge in [0.25, 0.3) is 0 Å². The molecule has 2 heterocycles. The number of fused-ring (bicyclic) bond motifs is 1. The van der Waals surface area contributed by atoms with Crippen LogP contribution in [0.15, 0.2) is 39.4 Å². The molecule has 0 fully saturated rings. The minimum absolute atomic E-state index is 0.0743. The molecular weight excluding hydrogens is 318 g/mol. The summed E-state index contributed by atoms with van der Waals surface area (Å²) in [5.74, 6) is 0.928. The fourth-order valence-corrected chi connectivity index (χ4v) is 2.96. The van der Waals surface area contributed by atoms with Crippen LogP contribution in [0.5, 0.6) is 0 Å². The zero-order valence-corrected chi connectivity index (χ0v) is 13.1. The third-order valence-electron chi connectivity index (χ3n) is 3.58. The van der Waals surface area contributed by atoms with Gasteiger partial charge in [-0.2, -0.15) is 0 Å². The number of rotatable bonds is 5. The van der Waals surface area contributed by atoms with Gasteiger partial charge in [0, 0.05) is 0 Å². The first kappa shape index (κ1) is 13.9. The van der Waals surface area contributed by atoms with Gasteiger partial charge in [-0.05, 0) is 51.7 Å². The van der Waals surface area contributed by atoms with Crippen molar-refractivity contribution in [2.45, 2.75) is 32.6 Å². The van der Waals surface area contributed by atoms with Gasteiger partial charge in [-0.25, -0.2) is 0 Å². The Balaban J connectivity index is 1.94. The Morgan fingerprint density at radius 3 is 2.85 bits per heavy atom. The number of hydrogen-bond donors (Lipinski definition) is 1. The minimum Gasteiger partial charge on any atom is -0.466 e. The molecule has 0 amide bonds. The van der Waals surface area contributed by atoms with Crippen molar-refractivity contribution in [2.24, 2.45) is 0 Å². The van der Waals surface area contributed by atoms with E-state index in [1.807, 2.05) is 6.07 Å². The number of furan rings is 1. The lowest BCUT2D eigenvalue weighted by molar-refractivity contribution is 0.134. The van der Waals surface area contributed by atoms with Gasteiger partial charge >= 0.3 is 0 Å². The molecule has 20 heavy (non-hydrogen) atoms. The molecular formula is C16H18BrNO2. The molecule has 4 heteroatoms. The summed E-state index contributed by atoms with van der Waals surface area (Å²) >= 11 is 3.56. The van der Waals surface area contributed by atoms with Crippen molar-refractivity contribution in [1.29, 1.82) is 0 Å². The van der Waals surface area contributed by atoms with E-state index in [1.54, 1.807) is 6.26 Å². The molecule has 3 nitrogen and oxygen atoms in total. The average Bonchev–Trinajstić information content (AvgIpc) is 3.08. The highest BCUT2D eigenvalue weighted by molar-refractivity contribution is 9.10. The second kappa shape index (κ2) is 6.12. The maximum absolute atomic E-state index is 5.66. The SMILES string of the molecule is CCCNC(c1ccc2c(c1)COC2)c1occc1Br. The Kier molecular flexibility index (Phi) is 4.24. The van der Waals surface area contributed by atoms with E-state index >= 15 is 0 Å². The van der Waals surface area contributed by atoms with E-state index in [0.29, 0.717) is 6.61 Å². The van der Waals surface area contributed by atoms with Crippen molar-refractivity contribution in [3.8, 4) is 0 Å². The lowest BCUT2D eigenvalue weighted by Crippen LogP contribution is -2.23. The van der Waals surface area contributed by atoms with Gasteiger partial charge < -0.3 is 14.5 Å². The summed E-state index contributed by atoms with van der Waals surface area (Å²) in [4.78, 5) is 0. The molecule has 0 spiro atoms. The highest BCUT2D eigenvalue weighted by Gasteiger charge is 2.21.